The van der Waals surface area contributed by atoms with E-state index in [-0.39, 0.29) is 11.5 Å². The van der Waals surface area contributed by atoms with E-state index in [9.17, 15) is 14.9 Å². The van der Waals surface area contributed by atoms with Gasteiger partial charge in [0.25, 0.3) is 5.91 Å². The molecule has 0 saturated heterocycles. The molecule has 29 heavy (non-hydrogen) atoms. The lowest BCUT2D eigenvalue weighted by Crippen LogP contribution is -2.13. The molecule has 2 amide bonds. The summed E-state index contributed by atoms with van der Waals surface area (Å²) >= 11 is 0. The second kappa shape index (κ2) is 9.15. The predicted molar refractivity (Wildman–Crippen MR) is 111 cm³/mol. The Labute approximate surface area is 168 Å². The fourth-order valence-corrected chi connectivity index (χ4v) is 2.66. The van der Waals surface area contributed by atoms with Crippen molar-refractivity contribution in [1.29, 1.82) is 5.26 Å². The molecular formula is C22H19N5O2. The highest BCUT2D eigenvalue weighted by Crippen LogP contribution is 2.15. The van der Waals surface area contributed by atoms with Crippen molar-refractivity contribution >= 4 is 29.3 Å². The van der Waals surface area contributed by atoms with Crippen LogP contribution in [0.4, 0.5) is 11.4 Å². The lowest BCUT2D eigenvalue weighted by Gasteiger charge is -2.06. The second-order valence-electron chi connectivity index (χ2n) is 6.34. The third-order valence-electron chi connectivity index (χ3n) is 3.98. The number of hydrogen-bond acceptors (Lipinski definition) is 4. The molecule has 7 nitrogen and oxygen atoms in total. The maximum Gasteiger partial charge on any atom is 0.266 e. The van der Waals surface area contributed by atoms with Crippen molar-refractivity contribution in [1.82, 2.24) is 9.78 Å². The first-order valence-electron chi connectivity index (χ1n) is 8.90. The van der Waals surface area contributed by atoms with Gasteiger partial charge in [-0.3, -0.25) is 14.3 Å². The van der Waals surface area contributed by atoms with Crippen LogP contribution in [0.5, 0.6) is 0 Å². The van der Waals surface area contributed by atoms with Crippen LogP contribution >= 0.6 is 0 Å². The summed E-state index contributed by atoms with van der Waals surface area (Å²) in [6.45, 7) is 2.02. The molecule has 0 aliphatic heterocycles. The number of rotatable bonds is 6. The van der Waals surface area contributed by atoms with Gasteiger partial charge in [0.1, 0.15) is 11.6 Å². The number of carbonyl (C=O) groups excluding carboxylic acids is 2. The van der Waals surface area contributed by atoms with E-state index in [2.05, 4.69) is 15.7 Å². The summed E-state index contributed by atoms with van der Waals surface area (Å²) < 4.78 is 1.74. The molecule has 0 aliphatic rings. The summed E-state index contributed by atoms with van der Waals surface area (Å²) in [5.41, 5.74) is 2.87. The number of hydrogen-bond donors (Lipinski definition) is 2. The van der Waals surface area contributed by atoms with Gasteiger partial charge in [-0.2, -0.15) is 10.4 Å². The molecule has 0 atom stereocenters. The number of benzene rings is 2. The van der Waals surface area contributed by atoms with Gasteiger partial charge in [-0.25, -0.2) is 0 Å². The average molecular weight is 385 g/mol. The number of aromatic nitrogens is 2. The molecular weight excluding hydrogens is 366 g/mol. The lowest BCUT2D eigenvalue weighted by molar-refractivity contribution is -0.114. The van der Waals surface area contributed by atoms with Crippen LogP contribution in [0.3, 0.4) is 0 Å². The molecule has 0 aliphatic carbocycles. The SMILES string of the molecule is CC(=O)Nc1ccc(NC(=O)/C(C#N)=C/c2cnn(Cc3ccccc3)c2)cc1. The van der Waals surface area contributed by atoms with Gasteiger partial charge in [-0.15, -0.1) is 0 Å². The van der Waals surface area contributed by atoms with Gasteiger partial charge in [0.2, 0.25) is 5.91 Å². The van der Waals surface area contributed by atoms with Crippen molar-refractivity contribution in [2.24, 2.45) is 0 Å². The summed E-state index contributed by atoms with van der Waals surface area (Å²) in [7, 11) is 0. The largest absolute Gasteiger partial charge is 0.326 e. The minimum Gasteiger partial charge on any atom is -0.326 e. The molecule has 0 spiro atoms. The van der Waals surface area contributed by atoms with E-state index in [4.69, 9.17) is 0 Å². The average Bonchev–Trinajstić information content (AvgIpc) is 3.15. The maximum absolute atomic E-state index is 12.4. The fourth-order valence-electron chi connectivity index (χ4n) is 2.66. The number of carbonyl (C=O) groups is 2. The molecule has 2 N–H and O–H groups in total. The zero-order valence-electron chi connectivity index (χ0n) is 15.8. The molecule has 144 valence electrons. The number of nitrogens with one attached hydrogen (secondary N) is 2. The quantitative estimate of drug-likeness (QED) is 0.501. The van der Waals surface area contributed by atoms with Crippen molar-refractivity contribution in [3.05, 3.63) is 83.7 Å². The Bertz CT molecular complexity index is 1080. The molecule has 3 rings (SSSR count). The number of anilines is 2. The molecule has 0 radical (unpaired) electrons. The molecule has 0 bridgehead atoms. The zero-order chi connectivity index (χ0) is 20.6. The molecule has 1 aromatic heterocycles. The van der Waals surface area contributed by atoms with E-state index in [0.717, 1.165) is 5.56 Å². The predicted octanol–water partition coefficient (Wildman–Crippen LogP) is 3.44. The van der Waals surface area contributed by atoms with Gasteiger partial charge in [0.15, 0.2) is 0 Å². The molecule has 2 aromatic carbocycles. The number of nitriles is 1. The van der Waals surface area contributed by atoms with Crippen LogP contribution in [0, 0.1) is 11.3 Å². The first-order valence-corrected chi connectivity index (χ1v) is 8.90. The van der Waals surface area contributed by atoms with Crippen molar-refractivity contribution in [2.75, 3.05) is 10.6 Å². The minimum absolute atomic E-state index is 0.0322. The van der Waals surface area contributed by atoms with E-state index < -0.39 is 5.91 Å². The highest BCUT2D eigenvalue weighted by atomic mass is 16.2. The van der Waals surface area contributed by atoms with Gasteiger partial charge in [-0.1, -0.05) is 30.3 Å². The summed E-state index contributed by atoms with van der Waals surface area (Å²) in [5, 5.41) is 19.0. The van der Waals surface area contributed by atoms with E-state index in [1.165, 1.54) is 13.0 Å². The van der Waals surface area contributed by atoms with E-state index in [1.54, 1.807) is 41.3 Å². The van der Waals surface area contributed by atoms with Gasteiger partial charge >= 0.3 is 0 Å². The van der Waals surface area contributed by atoms with Crippen LogP contribution in [0.25, 0.3) is 6.08 Å². The van der Waals surface area contributed by atoms with Crippen molar-refractivity contribution in [3.63, 3.8) is 0 Å². The Morgan fingerprint density at radius 3 is 2.34 bits per heavy atom. The summed E-state index contributed by atoms with van der Waals surface area (Å²) in [6.07, 6.45) is 4.88. The monoisotopic (exact) mass is 385 g/mol. The zero-order valence-corrected chi connectivity index (χ0v) is 15.8. The molecule has 1 heterocycles. The summed E-state index contributed by atoms with van der Waals surface area (Å²) in [5.74, 6) is -0.695. The van der Waals surface area contributed by atoms with E-state index in [0.29, 0.717) is 23.5 Å². The summed E-state index contributed by atoms with van der Waals surface area (Å²) in [6, 6.07) is 18.4. The molecule has 7 heteroatoms. The highest BCUT2D eigenvalue weighted by Gasteiger charge is 2.10. The highest BCUT2D eigenvalue weighted by molar-refractivity contribution is 6.09. The Kier molecular flexibility index (Phi) is 6.18. The summed E-state index contributed by atoms with van der Waals surface area (Å²) in [4.78, 5) is 23.5. The van der Waals surface area contributed by atoms with Gasteiger partial charge in [-0.05, 0) is 35.9 Å². The molecule has 0 saturated carbocycles. The van der Waals surface area contributed by atoms with Crippen molar-refractivity contribution in [2.45, 2.75) is 13.5 Å². The third kappa shape index (κ3) is 5.65. The number of nitrogens with zero attached hydrogens (tertiary/aromatic N) is 3. The van der Waals surface area contributed by atoms with Gasteiger partial charge < -0.3 is 10.6 Å². The Morgan fingerprint density at radius 1 is 1.07 bits per heavy atom. The first-order chi connectivity index (χ1) is 14.0. The minimum atomic E-state index is -0.518. The topological polar surface area (TPSA) is 99.8 Å². The van der Waals surface area contributed by atoms with E-state index >= 15 is 0 Å². The Balaban J connectivity index is 1.67. The van der Waals surface area contributed by atoms with Crippen LogP contribution in [0.1, 0.15) is 18.1 Å². The van der Waals surface area contributed by atoms with E-state index in [1.807, 2.05) is 36.4 Å². The second-order valence-corrected chi connectivity index (χ2v) is 6.34. The normalized spacial score (nSPS) is 10.8. The van der Waals surface area contributed by atoms with Gasteiger partial charge in [0.05, 0.1) is 12.7 Å². The molecule has 3 aromatic rings. The molecule has 0 unspecified atom stereocenters. The fraction of sp³-hybridized carbons (Fsp3) is 0.0909. The van der Waals surface area contributed by atoms with Crippen LogP contribution < -0.4 is 10.6 Å². The first kappa shape index (κ1) is 19.6. The Morgan fingerprint density at radius 2 is 1.72 bits per heavy atom. The Hall–Kier alpha value is -4.18. The van der Waals surface area contributed by atoms with Crippen LogP contribution in [0.15, 0.2) is 72.6 Å². The maximum atomic E-state index is 12.4. The molecule has 0 fully saturated rings. The number of amides is 2. The van der Waals surface area contributed by atoms with Gasteiger partial charge in [0, 0.05) is 30.1 Å². The smallest absolute Gasteiger partial charge is 0.266 e. The van der Waals surface area contributed by atoms with Crippen molar-refractivity contribution in [3.8, 4) is 6.07 Å². The third-order valence-corrected chi connectivity index (χ3v) is 3.98. The standard InChI is InChI=1S/C22H19N5O2/c1-16(28)25-20-7-9-21(10-8-20)26-22(29)19(12-23)11-18-13-24-27(15-18)14-17-5-3-2-4-6-17/h2-11,13,15H,14H2,1H3,(H,25,28)(H,26,29)/b19-11+. The lowest BCUT2D eigenvalue weighted by atomic mass is 10.2. The van der Waals surface area contributed by atoms with Crippen LogP contribution in [-0.2, 0) is 16.1 Å². The van der Waals surface area contributed by atoms with Crippen LogP contribution in [0.2, 0.25) is 0 Å². The van der Waals surface area contributed by atoms with Crippen LogP contribution in [-0.4, -0.2) is 21.6 Å². The van der Waals surface area contributed by atoms with Crippen molar-refractivity contribution < 1.29 is 9.59 Å².